The summed E-state index contributed by atoms with van der Waals surface area (Å²) in [6, 6.07) is 2.22. The summed E-state index contributed by atoms with van der Waals surface area (Å²) >= 11 is 0. The number of benzene rings is 1. The molecule has 0 radical (unpaired) electrons. The molecule has 0 aliphatic carbocycles. The summed E-state index contributed by atoms with van der Waals surface area (Å²) in [6.07, 6.45) is 28.8. The van der Waals surface area contributed by atoms with Crippen molar-refractivity contribution in [3.05, 3.63) is 57.7 Å². The van der Waals surface area contributed by atoms with Crippen molar-refractivity contribution in [2.45, 2.75) is 169 Å². The molecule has 4 heteroatoms. The number of aliphatic hydroxyl groups is 1. The van der Waals surface area contributed by atoms with Crippen LogP contribution in [0, 0.1) is 6.92 Å². The molecule has 1 aromatic carbocycles. The molecule has 3 rings (SSSR count). The van der Waals surface area contributed by atoms with E-state index in [0.29, 0.717) is 13.3 Å². The lowest BCUT2D eigenvalue weighted by molar-refractivity contribution is 0.0524. The predicted octanol–water partition coefficient (Wildman–Crippen LogP) is 11.3. The monoisotopic (exact) mass is 622 g/mol. The summed E-state index contributed by atoms with van der Waals surface area (Å²) in [6.45, 7) is 16.6. The Morgan fingerprint density at radius 3 is 2.07 bits per heavy atom. The largest absolute Gasteiger partial charge is 0.487 e. The number of fused-ring (bicyclic) bond motifs is 3. The Balaban J connectivity index is 1.41. The van der Waals surface area contributed by atoms with Crippen molar-refractivity contribution >= 4 is 0 Å². The minimum absolute atomic E-state index is 0.112. The molecule has 0 spiro atoms. The van der Waals surface area contributed by atoms with Gasteiger partial charge in [0.15, 0.2) is 0 Å². The quantitative estimate of drug-likeness (QED) is 0.110. The zero-order valence-electron chi connectivity index (χ0n) is 30.1. The average molecular weight is 622 g/mol. The summed E-state index contributed by atoms with van der Waals surface area (Å²) in [5.74, 6) is 2.20. The molecule has 4 nitrogen and oxygen atoms in total. The molecule has 0 saturated carbocycles. The van der Waals surface area contributed by atoms with Gasteiger partial charge in [-0.15, -0.1) is 0 Å². The Labute approximate surface area is 277 Å². The first kappa shape index (κ1) is 37.4. The van der Waals surface area contributed by atoms with E-state index >= 15 is 0 Å². The highest BCUT2D eigenvalue weighted by atomic mass is 16.5. The van der Waals surface area contributed by atoms with Crippen molar-refractivity contribution < 1.29 is 14.6 Å². The molecule has 2 aliphatic rings. The van der Waals surface area contributed by atoms with Gasteiger partial charge >= 0.3 is 0 Å². The Morgan fingerprint density at radius 2 is 1.42 bits per heavy atom. The molecular weight excluding hydrogens is 554 g/mol. The molecule has 0 aromatic heterocycles. The van der Waals surface area contributed by atoms with E-state index in [1.54, 1.807) is 0 Å². The van der Waals surface area contributed by atoms with Gasteiger partial charge in [-0.25, -0.2) is 0 Å². The molecule has 0 amide bonds. The minimum Gasteiger partial charge on any atom is -0.487 e. The van der Waals surface area contributed by atoms with Gasteiger partial charge in [-0.2, -0.15) is 0 Å². The molecule has 0 fully saturated rings. The molecule has 2 aliphatic heterocycles. The Hall–Kier alpha value is -2.04. The van der Waals surface area contributed by atoms with Crippen LogP contribution in [0.3, 0.4) is 0 Å². The molecule has 0 saturated heterocycles. The van der Waals surface area contributed by atoms with Crippen LogP contribution in [-0.2, 0) is 13.0 Å². The number of aryl methyl sites for hydroxylation is 1. The highest BCUT2D eigenvalue weighted by Gasteiger charge is 2.35. The van der Waals surface area contributed by atoms with E-state index < -0.39 is 0 Å². The van der Waals surface area contributed by atoms with Gasteiger partial charge in [0.25, 0.3) is 0 Å². The van der Waals surface area contributed by atoms with Crippen molar-refractivity contribution in [3.8, 4) is 11.5 Å². The number of allylic oxidation sites excluding steroid dienone is 6. The summed E-state index contributed by atoms with van der Waals surface area (Å²) in [5.41, 5.74) is 8.28. The SMILES string of the molecule is CC(C)=CCC/C(C)=C/CC/C(C)=C/CC[C@]1(C)CCc2c3c(cc(C)c2O1)OCN(CCCCCCCCCCCCO)C3. The molecule has 1 aromatic rings. The van der Waals surface area contributed by atoms with Crippen LogP contribution in [0.15, 0.2) is 41.0 Å². The molecule has 254 valence electrons. The lowest BCUT2D eigenvalue weighted by Gasteiger charge is -2.39. The van der Waals surface area contributed by atoms with E-state index in [2.05, 4.69) is 70.7 Å². The Kier molecular flexibility index (Phi) is 16.8. The van der Waals surface area contributed by atoms with Crippen LogP contribution < -0.4 is 9.47 Å². The van der Waals surface area contributed by atoms with E-state index in [9.17, 15) is 0 Å². The topological polar surface area (TPSA) is 41.9 Å². The van der Waals surface area contributed by atoms with E-state index in [1.807, 2.05) is 0 Å². The molecular formula is C41H67NO3. The van der Waals surface area contributed by atoms with Crippen LogP contribution in [0.2, 0.25) is 0 Å². The first-order valence-electron chi connectivity index (χ1n) is 18.5. The van der Waals surface area contributed by atoms with Gasteiger partial charge < -0.3 is 14.6 Å². The number of unbranched alkanes of at least 4 members (excludes halogenated alkanes) is 9. The lowest BCUT2D eigenvalue weighted by atomic mass is 9.85. The fourth-order valence-corrected chi connectivity index (χ4v) is 6.84. The second-order valence-corrected chi connectivity index (χ2v) is 14.6. The number of hydrogen-bond donors (Lipinski definition) is 1. The van der Waals surface area contributed by atoms with Gasteiger partial charge in [0, 0.05) is 30.8 Å². The van der Waals surface area contributed by atoms with Crippen LogP contribution >= 0.6 is 0 Å². The van der Waals surface area contributed by atoms with Crippen molar-refractivity contribution in [1.82, 2.24) is 4.90 Å². The maximum Gasteiger partial charge on any atom is 0.142 e. The third-order valence-electron chi connectivity index (χ3n) is 9.85. The smallest absolute Gasteiger partial charge is 0.142 e. The van der Waals surface area contributed by atoms with Crippen LogP contribution in [0.5, 0.6) is 11.5 Å². The van der Waals surface area contributed by atoms with Crippen LogP contribution in [0.1, 0.15) is 160 Å². The van der Waals surface area contributed by atoms with Gasteiger partial charge in [0.1, 0.15) is 23.8 Å². The fourth-order valence-electron chi connectivity index (χ4n) is 6.84. The molecule has 2 heterocycles. The Morgan fingerprint density at radius 1 is 0.822 bits per heavy atom. The van der Waals surface area contributed by atoms with Gasteiger partial charge in [-0.05, 0) is 117 Å². The number of aliphatic hydroxyl groups excluding tert-OH is 1. The zero-order valence-corrected chi connectivity index (χ0v) is 30.1. The highest BCUT2D eigenvalue weighted by molar-refractivity contribution is 5.55. The summed E-state index contributed by atoms with van der Waals surface area (Å²) in [7, 11) is 0. The molecule has 0 bridgehead atoms. The van der Waals surface area contributed by atoms with Crippen molar-refractivity contribution in [1.29, 1.82) is 0 Å². The van der Waals surface area contributed by atoms with E-state index in [4.69, 9.17) is 14.6 Å². The van der Waals surface area contributed by atoms with Gasteiger partial charge in [-0.1, -0.05) is 86.3 Å². The third-order valence-corrected chi connectivity index (χ3v) is 9.85. The number of hydrogen-bond acceptors (Lipinski definition) is 4. The highest BCUT2D eigenvalue weighted by Crippen LogP contribution is 2.44. The van der Waals surface area contributed by atoms with E-state index in [-0.39, 0.29) is 5.60 Å². The summed E-state index contributed by atoms with van der Waals surface area (Å²) in [4.78, 5) is 2.49. The maximum atomic E-state index is 8.88. The minimum atomic E-state index is -0.112. The third kappa shape index (κ3) is 13.7. The first-order chi connectivity index (χ1) is 21.7. The average Bonchev–Trinajstić information content (AvgIpc) is 3.00. The van der Waals surface area contributed by atoms with Gasteiger partial charge in [0.05, 0.1) is 0 Å². The van der Waals surface area contributed by atoms with Gasteiger partial charge in [0.2, 0.25) is 0 Å². The summed E-state index contributed by atoms with van der Waals surface area (Å²) in [5, 5.41) is 8.88. The number of nitrogens with zero attached hydrogens (tertiary/aromatic N) is 1. The van der Waals surface area contributed by atoms with E-state index in [0.717, 1.165) is 76.0 Å². The number of ether oxygens (including phenoxy) is 2. The molecule has 0 unspecified atom stereocenters. The second kappa shape index (κ2) is 20.3. The Bertz CT molecular complexity index is 1110. The number of rotatable bonds is 21. The predicted molar refractivity (Wildman–Crippen MR) is 192 cm³/mol. The molecule has 1 N–H and O–H groups in total. The lowest BCUT2D eigenvalue weighted by Crippen LogP contribution is -2.38. The van der Waals surface area contributed by atoms with Crippen molar-refractivity contribution in [3.63, 3.8) is 0 Å². The van der Waals surface area contributed by atoms with Gasteiger partial charge in [-0.3, -0.25) is 4.90 Å². The fraction of sp³-hybridized carbons (Fsp3) is 0.707. The standard InChI is InChI=1S/C41H67NO3/c1-33(2)20-17-21-34(3)22-18-23-35(4)24-19-26-41(6)27-25-37-38-31-42(32-44-39(38)30-36(5)40(37)45-41)28-15-13-11-9-7-8-10-12-14-16-29-43/h20,22,24,30,43H,7-19,21,23,25-29,31-32H2,1-6H3/b34-22+,35-24+/t41-/m1/s1. The molecule has 45 heavy (non-hydrogen) atoms. The maximum absolute atomic E-state index is 8.88. The first-order valence-corrected chi connectivity index (χ1v) is 18.5. The second-order valence-electron chi connectivity index (χ2n) is 14.6. The van der Waals surface area contributed by atoms with Crippen molar-refractivity contribution in [2.75, 3.05) is 19.9 Å². The zero-order chi connectivity index (χ0) is 32.5. The van der Waals surface area contributed by atoms with Crippen LogP contribution in [-0.4, -0.2) is 35.5 Å². The normalized spacial score (nSPS) is 18.6. The van der Waals surface area contributed by atoms with Crippen LogP contribution in [0.4, 0.5) is 0 Å². The summed E-state index contributed by atoms with van der Waals surface area (Å²) < 4.78 is 13.1. The van der Waals surface area contributed by atoms with Crippen molar-refractivity contribution in [2.24, 2.45) is 0 Å². The molecule has 1 atom stereocenters. The van der Waals surface area contributed by atoms with Crippen LogP contribution in [0.25, 0.3) is 0 Å². The van der Waals surface area contributed by atoms with E-state index in [1.165, 1.54) is 97.6 Å².